The van der Waals surface area contributed by atoms with E-state index in [0.717, 1.165) is 5.69 Å². The molecule has 0 aliphatic heterocycles. The fraction of sp³-hybridized carbons (Fsp3) is 0.600. The highest BCUT2D eigenvalue weighted by molar-refractivity contribution is 5.46. The Bertz CT molecular complexity index is 339. The van der Waals surface area contributed by atoms with Gasteiger partial charge in [-0.1, -0.05) is 26.0 Å². The van der Waals surface area contributed by atoms with E-state index in [-0.39, 0.29) is 0 Å². The van der Waals surface area contributed by atoms with E-state index in [0.29, 0.717) is 31.8 Å². The molecule has 1 atom stereocenters. The second-order valence-corrected chi connectivity index (χ2v) is 4.92. The van der Waals surface area contributed by atoms with Crippen molar-refractivity contribution in [1.82, 2.24) is 0 Å². The average molecular weight is 251 g/mol. The SMILES string of the molecule is COCCOCc1cccc(NC(C)C(C)C)c1. The maximum Gasteiger partial charge on any atom is 0.0718 e. The number of nitrogens with one attached hydrogen (secondary N) is 1. The smallest absolute Gasteiger partial charge is 0.0718 e. The molecule has 0 aliphatic carbocycles. The fourth-order valence-electron chi connectivity index (χ4n) is 1.51. The van der Waals surface area contributed by atoms with E-state index in [1.807, 2.05) is 0 Å². The number of ether oxygens (including phenoxy) is 2. The first-order chi connectivity index (χ1) is 8.63. The van der Waals surface area contributed by atoms with E-state index in [9.17, 15) is 0 Å². The minimum Gasteiger partial charge on any atom is -0.382 e. The van der Waals surface area contributed by atoms with E-state index in [1.165, 1.54) is 5.56 Å². The predicted octanol–water partition coefficient (Wildman–Crippen LogP) is 3.31. The van der Waals surface area contributed by atoms with Crippen LogP contribution in [0.4, 0.5) is 5.69 Å². The molecule has 1 aromatic carbocycles. The molecule has 3 nitrogen and oxygen atoms in total. The van der Waals surface area contributed by atoms with Crippen molar-refractivity contribution in [1.29, 1.82) is 0 Å². The van der Waals surface area contributed by atoms with Crippen LogP contribution in [0.15, 0.2) is 24.3 Å². The van der Waals surface area contributed by atoms with Crippen molar-refractivity contribution in [3.63, 3.8) is 0 Å². The summed E-state index contributed by atoms with van der Waals surface area (Å²) < 4.78 is 10.5. The largest absolute Gasteiger partial charge is 0.382 e. The molecule has 3 heteroatoms. The number of rotatable bonds is 8. The van der Waals surface area contributed by atoms with Crippen LogP contribution in [-0.4, -0.2) is 26.4 Å². The molecule has 1 aromatic rings. The van der Waals surface area contributed by atoms with E-state index < -0.39 is 0 Å². The van der Waals surface area contributed by atoms with Crippen molar-refractivity contribution in [3.8, 4) is 0 Å². The zero-order valence-corrected chi connectivity index (χ0v) is 11.9. The number of hydrogen-bond donors (Lipinski definition) is 1. The maximum absolute atomic E-state index is 5.51. The zero-order valence-electron chi connectivity index (χ0n) is 11.9. The van der Waals surface area contributed by atoms with Crippen LogP contribution in [0.5, 0.6) is 0 Å². The van der Waals surface area contributed by atoms with Gasteiger partial charge < -0.3 is 14.8 Å². The van der Waals surface area contributed by atoms with Gasteiger partial charge in [-0.2, -0.15) is 0 Å². The van der Waals surface area contributed by atoms with Gasteiger partial charge in [-0.25, -0.2) is 0 Å². The van der Waals surface area contributed by atoms with Crippen LogP contribution < -0.4 is 5.32 Å². The number of hydrogen-bond acceptors (Lipinski definition) is 3. The van der Waals surface area contributed by atoms with Gasteiger partial charge in [-0.05, 0) is 30.5 Å². The van der Waals surface area contributed by atoms with Crippen LogP contribution in [0.3, 0.4) is 0 Å². The molecular formula is C15H25NO2. The molecule has 1 rings (SSSR count). The molecule has 0 aromatic heterocycles. The third kappa shape index (κ3) is 5.52. The first-order valence-electron chi connectivity index (χ1n) is 6.55. The summed E-state index contributed by atoms with van der Waals surface area (Å²) in [5.74, 6) is 0.617. The Morgan fingerprint density at radius 2 is 1.94 bits per heavy atom. The second kappa shape index (κ2) is 8.11. The zero-order chi connectivity index (χ0) is 13.4. The van der Waals surface area contributed by atoms with Gasteiger partial charge in [-0.3, -0.25) is 0 Å². The van der Waals surface area contributed by atoms with E-state index in [2.05, 4.69) is 50.4 Å². The number of anilines is 1. The average Bonchev–Trinajstić information content (AvgIpc) is 2.35. The van der Waals surface area contributed by atoms with Crippen molar-refractivity contribution >= 4 is 5.69 Å². The lowest BCUT2D eigenvalue weighted by molar-refractivity contribution is 0.0617. The molecule has 1 unspecified atom stereocenters. The van der Waals surface area contributed by atoms with Gasteiger partial charge in [0.25, 0.3) is 0 Å². The minimum absolute atomic E-state index is 0.467. The summed E-state index contributed by atoms with van der Waals surface area (Å²) in [5.41, 5.74) is 2.34. The molecule has 0 saturated carbocycles. The van der Waals surface area contributed by atoms with Gasteiger partial charge in [-0.15, -0.1) is 0 Å². The van der Waals surface area contributed by atoms with Crippen molar-refractivity contribution in [3.05, 3.63) is 29.8 Å². The first-order valence-corrected chi connectivity index (χ1v) is 6.55. The molecule has 0 fully saturated rings. The Hall–Kier alpha value is -1.06. The number of methoxy groups -OCH3 is 1. The Kier molecular flexibility index (Phi) is 6.76. The Morgan fingerprint density at radius 1 is 1.17 bits per heavy atom. The van der Waals surface area contributed by atoms with Crippen LogP contribution in [-0.2, 0) is 16.1 Å². The lowest BCUT2D eigenvalue weighted by atomic mass is 10.1. The van der Waals surface area contributed by atoms with Gasteiger partial charge in [0, 0.05) is 18.8 Å². The van der Waals surface area contributed by atoms with E-state index in [1.54, 1.807) is 7.11 Å². The molecule has 0 radical (unpaired) electrons. The Labute approximate surface area is 110 Å². The third-order valence-electron chi connectivity index (χ3n) is 3.02. The van der Waals surface area contributed by atoms with Crippen molar-refractivity contribution in [2.75, 3.05) is 25.6 Å². The summed E-state index contributed by atoms with van der Waals surface area (Å²) in [4.78, 5) is 0. The van der Waals surface area contributed by atoms with Crippen LogP contribution in [0.2, 0.25) is 0 Å². The first kappa shape index (κ1) is 15.0. The maximum atomic E-state index is 5.51. The quantitative estimate of drug-likeness (QED) is 0.719. The highest BCUT2D eigenvalue weighted by Gasteiger charge is 2.06. The third-order valence-corrected chi connectivity index (χ3v) is 3.02. The molecule has 0 amide bonds. The lowest BCUT2D eigenvalue weighted by Crippen LogP contribution is -2.21. The normalized spacial score (nSPS) is 12.7. The summed E-state index contributed by atoms with van der Waals surface area (Å²) in [6, 6.07) is 8.85. The summed E-state index contributed by atoms with van der Waals surface area (Å²) in [6.07, 6.45) is 0. The van der Waals surface area contributed by atoms with Crippen molar-refractivity contribution in [2.24, 2.45) is 5.92 Å². The molecule has 0 bridgehead atoms. The summed E-state index contributed by atoms with van der Waals surface area (Å²) >= 11 is 0. The summed E-state index contributed by atoms with van der Waals surface area (Å²) in [5, 5.41) is 3.50. The molecule has 18 heavy (non-hydrogen) atoms. The van der Waals surface area contributed by atoms with Crippen molar-refractivity contribution in [2.45, 2.75) is 33.4 Å². The molecule has 0 aliphatic rings. The molecule has 0 spiro atoms. The van der Waals surface area contributed by atoms with Gasteiger partial charge in [0.2, 0.25) is 0 Å². The molecular weight excluding hydrogens is 226 g/mol. The predicted molar refractivity (Wildman–Crippen MR) is 75.9 cm³/mol. The Morgan fingerprint density at radius 3 is 2.61 bits per heavy atom. The summed E-state index contributed by atoms with van der Waals surface area (Å²) in [7, 11) is 1.68. The van der Waals surface area contributed by atoms with Crippen LogP contribution >= 0.6 is 0 Å². The number of benzene rings is 1. The van der Waals surface area contributed by atoms with Gasteiger partial charge >= 0.3 is 0 Å². The Balaban J connectivity index is 2.46. The molecule has 0 saturated heterocycles. The van der Waals surface area contributed by atoms with E-state index in [4.69, 9.17) is 9.47 Å². The standard InChI is InChI=1S/C15H25NO2/c1-12(2)13(3)16-15-7-5-6-14(10-15)11-18-9-8-17-4/h5-7,10,12-13,16H,8-9,11H2,1-4H3. The lowest BCUT2D eigenvalue weighted by Gasteiger charge is -2.19. The van der Waals surface area contributed by atoms with Gasteiger partial charge in [0.05, 0.1) is 19.8 Å². The highest BCUT2D eigenvalue weighted by atomic mass is 16.5. The minimum atomic E-state index is 0.467. The molecule has 1 N–H and O–H groups in total. The highest BCUT2D eigenvalue weighted by Crippen LogP contribution is 2.15. The monoisotopic (exact) mass is 251 g/mol. The topological polar surface area (TPSA) is 30.5 Å². The van der Waals surface area contributed by atoms with Crippen LogP contribution in [0, 0.1) is 5.92 Å². The van der Waals surface area contributed by atoms with Crippen molar-refractivity contribution < 1.29 is 9.47 Å². The second-order valence-electron chi connectivity index (χ2n) is 4.92. The van der Waals surface area contributed by atoms with Gasteiger partial charge in [0.15, 0.2) is 0 Å². The van der Waals surface area contributed by atoms with Crippen LogP contribution in [0.25, 0.3) is 0 Å². The van der Waals surface area contributed by atoms with Gasteiger partial charge in [0.1, 0.15) is 0 Å². The summed E-state index contributed by atoms with van der Waals surface area (Å²) in [6.45, 7) is 8.55. The fourth-order valence-corrected chi connectivity index (χ4v) is 1.51. The van der Waals surface area contributed by atoms with Crippen LogP contribution in [0.1, 0.15) is 26.3 Å². The molecule has 102 valence electrons. The molecule has 0 heterocycles. The van der Waals surface area contributed by atoms with E-state index >= 15 is 0 Å².